The Kier molecular flexibility index (Phi) is 4.54. The Morgan fingerprint density at radius 1 is 1.23 bits per heavy atom. The second kappa shape index (κ2) is 6.85. The summed E-state index contributed by atoms with van der Waals surface area (Å²) in [5.41, 5.74) is 1.64. The molecule has 0 saturated heterocycles. The Morgan fingerprint density at radius 3 is 2.81 bits per heavy atom. The average molecular weight is 390 g/mol. The fraction of sp³-hybridized carbons (Fsp3) is 0.333. The number of nitrogens with zero attached hydrogens (tertiary/aromatic N) is 2. The second-order valence-corrected chi connectivity index (χ2v) is 9.34. The molecule has 6 nitrogen and oxygen atoms in total. The zero-order valence-corrected chi connectivity index (χ0v) is 15.9. The molecule has 0 amide bonds. The summed E-state index contributed by atoms with van der Waals surface area (Å²) >= 11 is 1.13. The van der Waals surface area contributed by atoms with Gasteiger partial charge in [-0.2, -0.15) is 0 Å². The zero-order chi connectivity index (χ0) is 18.1. The van der Waals surface area contributed by atoms with Crippen LogP contribution in [0.15, 0.2) is 45.0 Å². The molecule has 0 atom stereocenters. The molecule has 2 heterocycles. The quantitative estimate of drug-likeness (QED) is 0.674. The zero-order valence-electron chi connectivity index (χ0n) is 14.3. The van der Waals surface area contributed by atoms with Crippen LogP contribution in [-0.2, 0) is 16.4 Å². The van der Waals surface area contributed by atoms with E-state index in [4.69, 9.17) is 4.42 Å². The van der Waals surface area contributed by atoms with Gasteiger partial charge in [0.05, 0.1) is 4.88 Å². The Morgan fingerprint density at radius 2 is 2.08 bits per heavy atom. The van der Waals surface area contributed by atoms with Crippen LogP contribution in [0, 0.1) is 0 Å². The Balaban J connectivity index is 1.55. The number of benzene rings is 1. The number of anilines is 1. The van der Waals surface area contributed by atoms with Crippen molar-refractivity contribution in [3.8, 4) is 10.8 Å². The van der Waals surface area contributed by atoms with E-state index in [1.165, 1.54) is 6.42 Å². The fourth-order valence-corrected chi connectivity index (χ4v) is 5.07. The van der Waals surface area contributed by atoms with E-state index in [2.05, 4.69) is 14.9 Å². The summed E-state index contributed by atoms with van der Waals surface area (Å²) < 4.78 is 33.9. The molecule has 1 N–H and O–H groups in total. The number of thiophene rings is 1. The van der Waals surface area contributed by atoms with Gasteiger partial charge in [0, 0.05) is 11.6 Å². The normalized spacial score (nSPS) is 15.0. The molecule has 1 aliphatic carbocycles. The van der Waals surface area contributed by atoms with Crippen molar-refractivity contribution < 1.29 is 12.8 Å². The minimum absolute atomic E-state index is 0.220. The maximum Gasteiger partial charge on any atom is 0.271 e. The molecule has 1 aromatic carbocycles. The van der Waals surface area contributed by atoms with Crippen molar-refractivity contribution >= 4 is 27.0 Å². The molecule has 136 valence electrons. The highest BCUT2D eigenvalue weighted by molar-refractivity contribution is 7.94. The molecule has 0 radical (unpaired) electrons. The molecule has 1 aliphatic rings. The number of hydrogen-bond donors (Lipinski definition) is 1. The summed E-state index contributed by atoms with van der Waals surface area (Å²) in [6.45, 7) is 2.03. The number of aromatic nitrogens is 2. The first kappa shape index (κ1) is 17.2. The maximum atomic E-state index is 12.6. The van der Waals surface area contributed by atoms with Crippen LogP contribution in [0.5, 0.6) is 0 Å². The highest BCUT2D eigenvalue weighted by Crippen LogP contribution is 2.38. The second-order valence-electron chi connectivity index (χ2n) is 6.35. The lowest BCUT2D eigenvalue weighted by Crippen LogP contribution is -2.11. The molecular formula is C18H19N3O3S2. The van der Waals surface area contributed by atoms with Crippen molar-refractivity contribution in [1.82, 2.24) is 10.2 Å². The molecule has 8 heteroatoms. The van der Waals surface area contributed by atoms with Gasteiger partial charge in [-0.25, -0.2) is 8.42 Å². The van der Waals surface area contributed by atoms with Crippen LogP contribution in [0.4, 0.5) is 5.69 Å². The van der Waals surface area contributed by atoms with E-state index < -0.39 is 10.0 Å². The number of aryl methyl sites for hydroxylation is 1. The van der Waals surface area contributed by atoms with Crippen molar-refractivity contribution in [2.24, 2.45) is 0 Å². The summed E-state index contributed by atoms with van der Waals surface area (Å²) in [6.07, 6.45) is 4.19. The van der Waals surface area contributed by atoms with Gasteiger partial charge in [-0.1, -0.05) is 25.5 Å². The van der Waals surface area contributed by atoms with Gasteiger partial charge in [-0.05, 0) is 49.1 Å². The highest BCUT2D eigenvalue weighted by Gasteiger charge is 2.26. The smallest absolute Gasteiger partial charge is 0.271 e. The molecular weight excluding hydrogens is 370 g/mol. The van der Waals surface area contributed by atoms with Crippen LogP contribution in [0.3, 0.4) is 0 Å². The van der Waals surface area contributed by atoms with Crippen LogP contribution >= 0.6 is 11.3 Å². The summed E-state index contributed by atoms with van der Waals surface area (Å²) in [5.74, 6) is 1.39. The third-order valence-electron chi connectivity index (χ3n) is 4.54. The summed E-state index contributed by atoms with van der Waals surface area (Å²) in [7, 11) is -3.65. The number of nitrogens with one attached hydrogen (secondary N) is 1. The number of hydrogen-bond acceptors (Lipinski definition) is 6. The van der Waals surface area contributed by atoms with E-state index in [0.29, 0.717) is 28.3 Å². The van der Waals surface area contributed by atoms with Gasteiger partial charge in [0.1, 0.15) is 4.21 Å². The highest BCUT2D eigenvalue weighted by atomic mass is 32.2. The van der Waals surface area contributed by atoms with Crippen LogP contribution in [0.25, 0.3) is 10.8 Å². The molecule has 4 rings (SSSR count). The molecule has 2 aromatic heterocycles. The minimum Gasteiger partial charge on any atom is -0.420 e. The van der Waals surface area contributed by atoms with Crippen molar-refractivity contribution in [2.75, 3.05) is 4.72 Å². The molecule has 0 aliphatic heterocycles. The first-order valence-electron chi connectivity index (χ1n) is 8.60. The van der Waals surface area contributed by atoms with E-state index in [0.717, 1.165) is 36.2 Å². The van der Waals surface area contributed by atoms with Crippen LogP contribution in [0.2, 0.25) is 0 Å². The summed E-state index contributed by atoms with van der Waals surface area (Å²) in [5, 5.41) is 8.17. The largest absolute Gasteiger partial charge is 0.420 e. The lowest BCUT2D eigenvalue weighted by molar-refractivity contribution is 0.338. The SMILES string of the molecule is CCc1cccc(NS(=O)(=O)c2ccc(-c3nnc(C4CCC4)o3)s2)c1. The Bertz CT molecular complexity index is 1020. The maximum absolute atomic E-state index is 12.6. The monoisotopic (exact) mass is 389 g/mol. The van der Waals surface area contributed by atoms with E-state index >= 15 is 0 Å². The van der Waals surface area contributed by atoms with Crippen molar-refractivity contribution in [1.29, 1.82) is 0 Å². The van der Waals surface area contributed by atoms with Crippen molar-refractivity contribution in [3.05, 3.63) is 47.9 Å². The van der Waals surface area contributed by atoms with Gasteiger partial charge >= 0.3 is 0 Å². The standard InChI is InChI=1S/C18H19N3O3S2/c1-2-12-5-3-8-14(11-12)21-26(22,23)16-10-9-15(25-16)18-20-19-17(24-18)13-6-4-7-13/h3,5,8-11,13,21H,2,4,6-7H2,1H3. The third-order valence-corrected chi connectivity index (χ3v) is 7.49. The van der Waals surface area contributed by atoms with Gasteiger partial charge in [-0.15, -0.1) is 21.5 Å². The number of rotatable bonds is 6. The topological polar surface area (TPSA) is 85.1 Å². The molecule has 26 heavy (non-hydrogen) atoms. The predicted octanol–water partition coefficient (Wildman–Crippen LogP) is 4.43. The lowest BCUT2D eigenvalue weighted by atomic mass is 9.85. The molecule has 0 spiro atoms. The van der Waals surface area contributed by atoms with Crippen molar-refractivity contribution in [2.45, 2.75) is 42.7 Å². The molecule has 0 unspecified atom stereocenters. The van der Waals surface area contributed by atoms with Crippen molar-refractivity contribution in [3.63, 3.8) is 0 Å². The molecule has 1 fully saturated rings. The average Bonchev–Trinajstić information content (AvgIpc) is 3.22. The van der Waals surface area contributed by atoms with Crippen LogP contribution < -0.4 is 4.72 Å². The van der Waals surface area contributed by atoms with E-state index in [9.17, 15) is 8.42 Å². The Labute approximate surface area is 156 Å². The van der Waals surface area contributed by atoms with Crippen LogP contribution in [0.1, 0.15) is 43.6 Å². The van der Waals surface area contributed by atoms with Gasteiger partial charge in [0.25, 0.3) is 15.9 Å². The van der Waals surface area contributed by atoms with E-state index in [1.807, 2.05) is 25.1 Å². The summed E-state index contributed by atoms with van der Waals surface area (Å²) in [6, 6.07) is 10.7. The minimum atomic E-state index is -3.65. The molecule has 1 saturated carbocycles. The van der Waals surface area contributed by atoms with Gasteiger partial charge in [-0.3, -0.25) is 4.72 Å². The number of sulfonamides is 1. The van der Waals surface area contributed by atoms with E-state index in [1.54, 1.807) is 18.2 Å². The fourth-order valence-electron chi connectivity index (χ4n) is 2.79. The molecule has 0 bridgehead atoms. The van der Waals surface area contributed by atoms with Gasteiger partial charge in [0.15, 0.2) is 0 Å². The predicted molar refractivity (Wildman–Crippen MR) is 101 cm³/mol. The van der Waals surface area contributed by atoms with E-state index in [-0.39, 0.29) is 4.21 Å². The molecule has 3 aromatic rings. The first-order chi connectivity index (χ1) is 12.5. The Hall–Kier alpha value is -2.19. The first-order valence-corrected chi connectivity index (χ1v) is 10.9. The van der Waals surface area contributed by atoms with Gasteiger partial charge in [0.2, 0.25) is 5.89 Å². The van der Waals surface area contributed by atoms with Gasteiger partial charge < -0.3 is 4.42 Å². The lowest BCUT2D eigenvalue weighted by Gasteiger charge is -2.20. The third kappa shape index (κ3) is 3.39. The summed E-state index contributed by atoms with van der Waals surface area (Å²) in [4.78, 5) is 0.658. The van der Waals surface area contributed by atoms with Crippen LogP contribution in [-0.4, -0.2) is 18.6 Å².